The van der Waals surface area contributed by atoms with E-state index < -0.39 is 49.9 Å². The maximum Gasteiger partial charge on any atom is 0.318 e. The summed E-state index contributed by atoms with van der Waals surface area (Å²) in [4.78, 5) is 24.9. The number of carbonyl (C=O) groups is 2. The van der Waals surface area contributed by atoms with Gasteiger partial charge in [0.15, 0.2) is 0 Å². The fourth-order valence-corrected chi connectivity index (χ4v) is 6.75. The van der Waals surface area contributed by atoms with Crippen LogP contribution in [0.25, 0.3) is 11.1 Å². The number of nitrogens with zero attached hydrogens (tertiary/aromatic N) is 1. The van der Waals surface area contributed by atoms with Crippen molar-refractivity contribution in [3.05, 3.63) is 89.4 Å². The van der Waals surface area contributed by atoms with Gasteiger partial charge in [0.2, 0.25) is 20.0 Å². The highest BCUT2D eigenvalue weighted by atomic mass is 35.5. The Balaban J connectivity index is 1.78. The third-order valence-corrected chi connectivity index (χ3v) is 8.86. The van der Waals surface area contributed by atoms with E-state index in [2.05, 4.69) is 0 Å². The highest BCUT2D eigenvalue weighted by molar-refractivity contribution is 7.89. The summed E-state index contributed by atoms with van der Waals surface area (Å²) in [6.45, 7) is -1.04. The van der Waals surface area contributed by atoms with Crippen LogP contribution in [0, 0.1) is 0 Å². The molecule has 1 fully saturated rings. The van der Waals surface area contributed by atoms with Gasteiger partial charge in [0, 0.05) is 10.9 Å². The molecule has 0 radical (unpaired) electrons. The van der Waals surface area contributed by atoms with Crippen LogP contribution in [0.4, 0.5) is 0 Å². The summed E-state index contributed by atoms with van der Waals surface area (Å²) >= 11 is 5.93. The fourth-order valence-electron chi connectivity index (χ4n) is 4.38. The van der Waals surface area contributed by atoms with E-state index in [0.717, 1.165) is 11.8 Å². The van der Waals surface area contributed by atoms with Crippen LogP contribution in [0.2, 0.25) is 5.02 Å². The molecule has 3 aromatic rings. The van der Waals surface area contributed by atoms with Gasteiger partial charge in [-0.15, -0.1) is 0 Å². The van der Waals surface area contributed by atoms with Crippen LogP contribution in [-0.4, -0.2) is 56.5 Å². The van der Waals surface area contributed by atoms with Crippen LogP contribution >= 0.6 is 11.6 Å². The molecule has 0 aromatic heterocycles. The predicted octanol–water partition coefficient (Wildman–Crippen LogP) is 3.08. The summed E-state index contributed by atoms with van der Waals surface area (Å²) in [7, 11) is -8.62. The second-order valence-corrected chi connectivity index (χ2v) is 12.8. The zero-order valence-electron chi connectivity index (χ0n) is 19.5. The van der Waals surface area contributed by atoms with Gasteiger partial charge in [-0.2, -0.15) is 4.31 Å². The average molecular weight is 563 g/mol. The van der Waals surface area contributed by atoms with Gasteiger partial charge in [0.05, 0.1) is 11.2 Å². The molecule has 37 heavy (non-hydrogen) atoms. The third-order valence-electron chi connectivity index (χ3n) is 6.15. The highest BCUT2D eigenvalue weighted by Gasteiger charge is 2.68. The van der Waals surface area contributed by atoms with Crippen molar-refractivity contribution in [3.63, 3.8) is 0 Å². The number of carboxylic acids is 1. The van der Waals surface area contributed by atoms with Crippen molar-refractivity contribution in [1.82, 2.24) is 9.03 Å². The third kappa shape index (κ3) is 5.54. The van der Waals surface area contributed by atoms with Gasteiger partial charge >= 0.3 is 5.97 Å². The van der Waals surface area contributed by atoms with Crippen LogP contribution < -0.4 is 4.72 Å². The lowest BCUT2D eigenvalue weighted by Gasteiger charge is -2.30. The molecule has 0 heterocycles. The van der Waals surface area contributed by atoms with Crippen LogP contribution in [0.15, 0.2) is 83.8 Å². The van der Waals surface area contributed by atoms with Gasteiger partial charge in [-0.25, -0.2) is 16.8 Å². The zero-order chi connectivity index (χ0) is 27.0. The van der Waals surface area contributed by atoms with E-state index in [1.165, 1.54) is 12.1 Å². The number of rotatable bonds is 9. The number of carboxylic acid groups (broad SMARTS) is 1. The molecule has 9 nitrogen and oxygen atoms in total. The van der Waals surface area contributed by atoms with E-state index in [1.807, 2.05) is 4.72 Å². The maximum atomic E-state index is 13.8. The number of aliphatic carboxylic acids is 1. The lowest BCUT2D eigenvalue weighted by molar-refractivity contribution is -0.138. The quantitative estimate of drug-likeness (QED) is 0.408. The van der Waals surface area contributed by atoms with E-state index >= 15 is 0 Å². The predicted molar refractivity (Wildman–Crippen MR) is 138 cm³/mol. The Morgan fingerprint density at radius 2 is 1.49 bits per heavy atom. The molecule has 194 valence electrons. The van der Waals surface area contributed by atoms with E-state index in [-0.39, 0.29) is 11.3 Å². The van der Waals surface area contributed by atoms with Crippen molar-refractivity contribution in [3.8, 4) is 11.1 Å². The Labute approximate surface area is 219 Å². The first kappa shape index (κ1) is 26.8. The Morgan fingerprint density at radius 1 is 0.946 bits per heavy atom. The molecule has 1 saturated carbocycles. The molecule has 0 saturated heterocycles. The van der Waals surface area contributed by atoms with Crippen molar-refractivity contribution < 1.29 is 31.5 Å². The number of hydrogen-bond donors (Lipinski definition) is 2. The number of nitrogens with one attached hydrogen (secondary N) is 1. The molecule has 0 aliphatic heterocycles. The molecule has 0 spiro atoms. The van der Waals surface area contributed by atoms with Gasteiger partial charge < -0.3 is 5.11 Å². The summed E-state index contributed by atoms with van der Waals surface area (Å²) in [5.41, 5.74) is 0.107. The van der Waals surface area contributed by atoms with Crippen molar-refractivity contribution in [2.75, 3.05) is 12.8 Å². The minimum Gasteiger partial charge on any atom is -0.480 e. The SMILES string of the molecule is CS(=O)(=O)NC(=O)[C@@]1(N(CC(=O)O)S(=O)(=O)c2ccc(-c3ccc(Cl)cc3)cc2)C[C@H]1c1ccccc1. The van der Waals surface area contributed by atoms with Gasteiger partial charge in [-0.1, -0.05) is 66.2 Å². The summed E-state index contributed by atoms with van der Waals surface area (Å²) < 4.78 is 53.9. The zero-order valence-corrected chi connectivity index (χ0v) is 21.9. The van der Waals surface area contributed by atoms with Crippen molar-refractivity contribution >= 4 is 43.5 Å². The molecule has 1 amide bonds. The molecule has 4 rings (SSSR count). The Kier molecular flexibility index (Phi) is 7.17. The Bertz CT molecular complexity index is 1540. The summed E-state index contributed by atoms with van der Waals surface area (Å²) in [6, 6.07) is 21.1. The standard InChI is InChI=1S/C25H23ClN2O7S2/c1-36(32,33)27-24(31)25(15-22(25)19-5-3-2-4-6-19)28(16-23(29)30)37(34,35)21-13-9-18(10-14-21)17-7-11-20(26)12-8-17/h2-14,22H,15-16H2,1H3,(H,27,31)(H,29,30)/t22-,25+/m0/s1. The van der Waals surface area contributed by atoms with Crippen molar-refractivity contribution in [1.29, 1.82) is 0 Å². The number of sulfonamides is 2. The smallest absolute Gasteiger partial charge is 0.318 e. The Hall–Kier alpha value is -3.25. The van der Waals surface area contributed by atoms with Crippen LogP contribution in [0.3, 0.4) is 0 Å². The van der Waals surface area contributed by atoms with Crippen LogP contribution in [0.5, 0.6) is 0 Å². The van der Waals surface area contributed by atoms with E-state index in [9.17, 15) is 31.5 Å². The second kappa shape index (κ2) is 9.90. The fraction of sp³-hybridized carbons (Fsp3) is 0.200. The van der Waals surface area contributed by atoms with Crippen LogP contribution in [0.1, 0.15) is 17.9 Å². The monoisotopic (exact) mass is 562 g/mol. The molecule has 2 N–H and O–H groups in total. The molecular formula is C25H23ClN2O7S2. The maximum absolute atomic E-state index is 13.8. The number of carbonyl (C=O) groups excluding carboxylic acids is 1. The summed E-state index contributed by atoms with van der Waals surface area (Å²) in [6.07, 6.45) is 0.678. The first-order chi connectivity index (χ1) is 17.3. The molecule has 3 aromatic carbocycles. The minimum atomic E-state index is -4.56. The van der Waals surface area contributed by atoms with E-state index in [1.54, 1.807) is 66.7 Å². The van der Waals surface area contributed by atoms with E-state index in [0.29, 0.717) is 20.5 Å². The minimum absolute atomic E-state index is 0.0895. The molecular weight excluding hydrogens is 540 g/mol. The molecule has 0 unspecified atom stereocenters. The topological polar surface area (TPSA) is 138 Å². The molecule has 0 bridgehead atoms. The summed E-state index contributed by atoms with van der Waals surface area (Å²) in [5.74, 6) is -3.35. The van der Waals surface area contributed by atoms with Gasteiger partial charge in [0.1, 0.15) is 12.1 Å². The molecule has 1 aliphatic carbocycles. The second-order valence-electron chi connectivity index (χ2n) is 8.73. The first-order valence-corrected chi connectivity index (χ1v) is 14.7. The van der Waals surface area contributed by atoms with Gasteiger partial charge in [-0.05, 0) is 47.4 Å². The van der Waals surface area contributed by atoms with Crippen LogP contribution in [-0.2, 0) is 29.6 Å². The summed E-state index contributed by atoms with van der Waals surface area (Å²) in [5, 5.41) is 10.1. The lowest BCUT2D eigenvalue weighted by atomic mass is 10.1. The average Bonchev–Trinajstić information content (AvgIpc) is 3.59. The van der Waals surface area contributed by atoms with E-state index in [4.69, 9.17) is 11.6 Å². The first-order valence-electron chi connectivity index (χ1n) is 11.0. The highest BCUT2D eigenvalue weighted by Crippen LogP contribution is 2.57. The molecule has 2 atom stereocenters. The number of amides is 1. The normalized spacial score (nSPS) is 19.4. The number of benzene rings is 3. The van der Waals surface area contributed by atoms with Crippen molar-refractivity contribution in [2.24, 2.45) is 0 Å². The van der Waals surface area contributed by atoms with Crippen molar-refractivity contribution in [2.45, 2.75) is 22.8 Å². The Morgan fingerprint density at radius 3 is 2.00 bits per heavy atom. The number of halogens is 1. The van der Waals surface area contributed by atoms with Gasteiger partial charge in [-0.3, -0.25) is 14.3 Å². The van der Waals surface area contributed by atoms with Gasteiger partial charge in [0.25, 0.3) is 5.91 Å². The number of hydrogen-bond acceptors (Lipinski definition) is 6. The molecule has 1 aliphatic rings. The molecule has 12 heteroatoms. The largest absolute Gasteiger partial charge is 0.480 e. The lowest BCUT2D eigenvalue weighted by Crippen LogP contribution is -2.55.